The average molecular weight is 275 g/mol. The molecule has 0 bridgehead atoms. The maximum absolute atomic E-state index is 13.6. The second-order valence-electron chi connectivity index (χ2n) is 3.56. The first-order valence-corrected chi connectivity index (χ1v) is 4.66. The summed E-state index contributed by atoms with van der Waals surface area (Å²) in [7, 11) is 0. The first-order chi connectivity index (χ1) is 8.04. The molecule has 0 radical (unpaired) electrons. The second-order valence-corrected chi connectivity index (χ2v) is 3.56. The average Bonchev–Trinajstić information content (AvgIpc) is 2.25. The van der Waals surface area contributed by atoms with Gasteiger partial charge in [0.1, 0.15) is 0 Å². The lowest BCUT2D eigenvalue weighted by Gasteiger charge is -2.30. The summed E-state index contributed by atoms with van der Waals surface area (Å²) in [5.74, 6) is 0. The van der Waals surface area contributed by atoms with Crippen LogP contribution in [0.5, 0.6) is 0 Å². The highest BCUT2D eigenvalue weighted by molar-refractivity contribution is 5.31. The predicted octanol–water partition coefficient (Wildman–Crippen LogP) is 3.43. The molecule has 0 fully saturated rings. The van der Waals surface area contributed by atoms with Gasteiger partial charge in [-0.3, -0.25) is 0 Å². The van der Waals surface area contributed by atoms with E-state index in [-0.39, 0.29) is 12.1 Å². The third-order valence-corrected chi connectivity index (χ3v) is 2.34. The molecule has 1 aromatic rings. The normalized spacial score (nSPS) is 13.8. The van der Waals surface area contributed by atoms with Crippen molar-refractivity contribution in [2.75, 3.05) is 0 Å². The minimum Gasteiger partial charge on any atom is -0.326 e. The Morgan fingerprint density at radius 2 is 1.39 bits per heavy atom. The van der Waals surface area contributed by atoms with Crippen LogP contribution in [0.25, 0.3) is 0 Å². The standard InChI is InChI=1S/C10H8F7N/c11-8(9(12,13)14,10(15,16)17)7-3-1-2-6(4-7)5-18/h1-4H,5,18H2. The highest BCUT2D eigenvalue weighted by Crippen LogP contribution is 2.53. The first kappa shape index (κ1) is 14.7. The van der Waals surface area contributed by atoms with E-state index in [1.54, 1.807) is 0 Å². The SMILES string of the molecule is NCc1cccc(C(F)(C(F)(F)F)C(F)(F)F)c1. The van der Waals surface area contributed by atoms with Gasteiger partial charge in [0, 0.05) is 12.1 Å². The van der Waals surface area contributed by atoms with E-state index in [2.05, 4.69) is 0 Å². The van der Waals surface area contributed by atoms with Gasteiger partial charge in [0.15, 0.2) is 0 Å². The molecule has 18 heavy (non-hydrogen) atoms. The Labute approximate surface area is 97.4 Å². The number of hydrogen-bond acceptors (Lipinski definition) is 1. The highest BCUT2D eigenvalue weighted by Gasteiger charge is 2.73. The molecule has 0 aliphatic rings. The minimum absolute atomic E-state index is 0.0250. The molecule has 102 valence electrons. The van der Waals surface area contributed by atoms with Gasteiger partial charge in [0.25, 0.3) is 0 Å². The van der Waals surface area contributed by atoms with Gasteiger partial charge in [0.05, 0.1) is 0 Å². The monoisotopic (exact) mass is 275 g/mol. The van der Waals surface area contributed by atoms with Crippen molar-refractivity contribution in [2.45, 2.75) is 24.6 Å². The van der Waals surface area contributed by atoms with E-state index in [1.807, 2.05) is 0 Å². The Morgan fingerprint density at radius 1 is 0.889 bits per heavy atom. The fourth-order valence-corrected chi connectivity index (χ4v) is 1.40. The molecule has 0 heterocycles. The van der Waals surface area contributed by atoms with Crippen LogP contribution in [0.4, 0.5) is 30.7 Å². The molecular weight excluding hydrogens is 267 g/mol. The van der Waals surface area contributed by atoms with Gasteiger partial charge >= 0.3 is 18.0 Å². The van der Waals surface area contributed by atoms with Crippen molar-refractivity contribution in [3.8, 4) is 0 Å². The Balaban J connectivity index is 3.45. The second kappa shape index (κ2) is 4.42. The number of benzene rings is 1. The Bertz CT molecular complexity index is 407. The summed E-state index contributed by atoms with van der Waals surface area (Å²) in [6.45, 7) is -0.292. The zero-order valence-electron chi connectivity index (χ0n) is 8.74. The molecule has 0 spiro atoms. The molecule has 1 rings (SSSR count). The van der Waals surface area contributed by atoms with E-state index in [0.29, 0.717) is 12.1 Å². The van der Waals surface area contributed by atoms with E-state index >= 15 is 0 Å². The summed E-state index contributed by atoms with van der Waals surface area (Å²) in [5, 5.41) is 0. The Kier molecular flexibility index (Phi) is 3.62. The van der Waals surface area contributed by atoms with Crippen LogP contribution in [0.2, 0.25) is 0 Å². The summed E-state index contributed by atoms with van der Waals surface area (Å²) >= 11 is 0. The molecule has 1 nitrogen and oxygen atoms in total. The zero-order valence-corrected chi connectivity index (χ0v) is 8.74. The summed E-state index contributed by atoms with van der Waals surface area (Å²) in [5.41, 5.74) is -1.85. The van der Waals surface area contributed by atoms with Crippen LogP contribution in [0, 0.1) is 0 Å². The number of rotatable bonds is 2. The van der Waals surface area contributed by atoms with Gasteiger partial charge in [0.2, 0.25) is 0 Å². The van der Waals surface area contributed by atoms with E-state index < -0.39 is 23.6 Å². The van der Waals surface area contributed by atoms with E-state index in [9.17, 15) is 30.7 Å². The van der Waals surface area contributed by atoms with Gasteiger partial charge in [-0.05, 0) is 5.56 Å². The Morgan fingerprint density at radius 3 is 1.78 bits per heavy atom. The van der Waals surface area contributed by atoms with Crippen LogP contribution < -0.4 is 5.73 Å². The molecule has 0 amide bonds. The van der Waals surface area contributed by atoms with Crippen LogP contribution in [0.15, 0.2) is 24.3 Å². The summed E-state index contributed by atoms with van der Waals surface area (Å²) in [4.78, 5) is 0. The van der Waals surface area contributed by atoms with Crippen LogP contribution >= 0.6 is 0 Å². The van der Waals surface area contributed by atoms with Gasteiger partial charge in [-0.2, -0.15) is 26.3 Å². The number of nitrogens with two attached hydrogens (primary N) is 1. The van der Waals surface area contributed by atoms with Crippen LogP contribution in [-0.4, -0.2) is 12.4 Å². The van der Waals surface area contributed by atoms with Crippen molar-refractivity contribution in [3.63, 3.8) is 0 Å². The minimum atomic E-state index is -6.10. The van der Waals surface area contributed by atoms with Crippen LogP contribution in [0.3, 0.4) is 0 Å². The number of halogens is 7. The molecule has 8 heteroatoms. The lowest BCUT2D eigenvalue weighted by Crippen LogP contribution is -2.50. The predicted molar refractivity (Wildman–Crippen MR) is 49.2 cm³/mol. The smallest absolute Gasteiger partial charge is 0.326 e. The van der Waals surface area contributed by atoms with E-state index in [0.717, 1.165) is 6.07 Å². The van der Waals surface area contributed by atoms with E-state index in [4.69, 9.17) is 5.73 Å². The highest BCUT2D eigenvalue weighted by atomic mass is 19.4. The van der Waals surface area contributed by atoms with Crippen molar-refractivity contribution in [3.05, 3.63) is 35.4 Å². The third-order valence-electron chi connectivity index (χ3n) is 2.34. The lowest BCUT2D eigenvalue weighted by atomic mass is 9.93. The summed E-state index contributed by atoms with van der Waals surface area (Å²) in [6, 6.07) is 2.99. The summed E-state index contributed by atoms with van der Waals surface area (Å²) < 4.78 is 87.9. The van der Waals surface area contributed by atoms with Crippen molar-refractivity contribution in [1.29, 1.82) is 0 Å². The molecule has 0 unspecified atom stereocenters. The van der Waals surface area contributed by atoms with Gasteiger partial charge in [-0.15, -0.1) is 0 Å². The van der Waals surface area contributed by atoms with Crippen molar-refractivity contribution in [2.24, 2.45) is 5.73 Å². The quantitative estimate of drug-likeness (QED) is 0.822. The third kappa shape index (κ3) is 2.29. The zero-order chi connectivity index (χ0) is 14.2. The first-order valence-electron chi connectivity index (χ1n) is 4.66. The van der Waals surface area contributed by atoms with Crippen LogP contribution in [-0.2, 0) is 12.2 Å². The fourth-order valence-electron chi connectivity index (χ4n) is 1.40. The largest absolute Gasteiger partial charge is 0.435 e. The Hall–Kier alpha value is -1.31. The topological polar surface area (TPSA) is 26.0 Å². The van der Waals surface area contributed by atoms with Crippen LogP contribution in [0.1, 0.15) is 11.1 Å². The summed E-state index contributed by atoms with van der Waals surface area (Å²) in [6.07, 6.45) is -12.2. The van der Waals surface area contributed by atoms with Gasteiger partial charge in [-0.25, -0.2) is 4.39 Å². The molecule has 2 N–H and O–H groups in total. The molecular formula is C10H8F7N. The van der Waals surface area contributed by atoms with Crippen molar-refractivity contribution in [1.82, 2.24) is 0 Å². The molecule has 0 aliphatic carbocycles. The maximum atomic E-state index is 13.6. The van der Waals surface area contributed by atoms with Gasteiger partial charge in [-0.1, -0.05) is 24.3 Å². The molecule has 0 saturated carbocycles. The molecule has 0 atom stereocenters. The number of hydrogen-bond donors (Lipinski definition) is 1. The fraction of sp³-hybridized carbons (Fsp3) is 0.400. The van der Waals surface area contributed by atoms with E-state index in [1.165, 1.54) is 6.07 Å². The molecule has 1 aromatic carbocycles. The van der Waals surface area contributed by atoms with Crippen molar-refractivity contribution >= 4 is 0 Å². The van der Waals surface area contributed by atoms with Gasteiger partial charge < -0.3 is 5.73 Å². The molecule has 0 saturated heterocycles. The lowest BCUT2D eigenvalue weighted by molar-refractivity contribution is -0.348. The number of alkyl halides is 7. The molecule has 0 aromatic heterocycles. The maximum Gasteiger partial charge on any atom is 0.435 e. The van der Waals surface area contributed by atoms with Crippen molar-refractivity contribution < 1.29 is 30.7 Å². The molecule has 0 aliphatic heterocycles.